The first-order chi connectivity index (χ1) is 5.86. The lowest BCUT2D eigenvalue weighted by Crippen LogP contribution is -2.33. The van der Waals surface area contributed by atoms with Crippen molar-refractivity contribution in [2.24, 2.45) is 5.84 Å². The second-order valence-electron chi connectivity index (χ2n) is 3.18. The largest absolute Gasteiger partial charge is 0.269 e. The first-order valence-electron chi connectivity index (χ1n) is 4.27. The van der Waals surface area contributed by atoms with Crippen molar-refractivity contribution in [3.05, 3.63) is 29.6 Å². The van der Waals surface area contributed by atoms with E-state index in [1.54, 1.807) is 0 Å². The van der Waals surface area contributed by atoms with E-state index in [9.17, 15) is 0 Å². The van der Waals surface area contributed by atoms with Crippen molar-refractivity contribution in [1.82, 2.24) is 9.99 Å². The van der Waals surface area contributed by atoms with Crippen LogP contribution in [0.2, 0.25) is 0 Å². The van der Waals surface area contributed by atoms with E-state index in [0.29, 0.717) is 0 Å². The maximum Gasteiger partial charge on any atom is 0.0303 e. The maximum atomic E-state index is 5.73. The van der Waals surface area contributed by atoms with Crippen molar-refractivity contribution in [2.75, 3.05) is 13.1 Å². The Hall–Kier alpha value is -0.930. The number of hydrogen-bond acceptors (Lipinski definition) is 3. The zero-order chi connectivity index (χ0) is 8.39. The Morgan fingerprint density at radius 3 is 2.83 bits per heavy atom. The lowest BCUT2D eigenvalue weighted by atomic mass is 10.1. The fraction of sp³-hybridized carbons (Fsp3) is 0.444. The van der Waals surface area contributed by atoms with Gasteiger partial charge in [0.05, 0.1) is 0 Å². The minimum atomic E-state index is 0.943. The van der Waals surface area contributed by atoms with Crippen LogP contribution < -0.4 is 5.84 Å². The standard InChI is InChI=1S/C9H13N3/c10-12-5-2-8-1-4-11-7-9(8)3-6-12/h1,4,7H,2-3,5-6,10H2. The average Bonchev–Trinajstić information content (AvgIpc) is 2.29. The molecule has 0 saturated carbocycles. The smallest absolute Gasteiger partial charge is 0.0303 e. The van der Waals surface area contributed by atoms with Gasteiger partial charge in [-0.1, -0.05) is 0 Å². The van der Waals surface area contributed by atoms with Crippen molar-refractivity contribution in [1.29, 1.82) is 0 Å². The Morgan fingerprint density at radius 1 is 1.25 bits per heavy atom. The van der Waals surface area contributed by atoms with Crippen LogP contribution in [0, 0.1) is 0 Å². The van der Waals surface area contributed by atoms with Gasteiger partial charge in [-0.2, -0.15) is 0 Å². The normalized spacial score (nSPS) is 18.4. The number of nitrogens with zero attached hydrogens (tertiary/aromatic N) is 2. The molecule has 0 bridgehead atoms. The molecule has 0 unspecified atom stereocenters. The molecule has 0 radical (unpaired) electrons. The van der Waals surface area contributed by atoms with Crippen LogP contribution >= 0.6 is 0 Å². The van der Waals surface area contributed by atoms with Gasteiger partial charge in [-0.05, 0) is 30.0 Å². The van der Waals surface area contributed by atoms with Gasteiger partial charge in [0, 0.05) is 25.5 Å². The predicted molar refractivity (Wildman–Crippen MR) is 47.4 cm³/mol. The quantitative estimate of drug-likeness (QED) is 0.561. The van der Waals surface area contributed by atoms with E-state index in [1.807, 2.05) is 17.4 Å². The fourth-order valence-electron chi connectivity index (χ4n) is 1.56. The maximum absolute atomic E-state index is 5.73. The van der Waals surface area contributed by atoms with Crippen molar-refractivity contribution in [2.45, 2.75) is 12.8 Å². The highest BCUT2D eigenvalue weighted by atomic mass is 15.4. The van der Waals surface area contributed by atoms with Crippen molar-refractivity contribution in [3.8, 4) is 0 Å². The van der Waals surface area contributed by atoms with Gasteiger partial charge < -0.3 is 0 Å². The predicted octanol–water partition coefficient (Wildman–Crippen LogP) is 0.356. The monoisotopic (exact) mass is 163 g/mol. The Labute approximate surface area is 72.2 Å². The molecule has 2 heterocycles. The van der Waals surface area contributed by atoms with Crippen LogP contribution in [0.1, 0.15) is 11.1 Å². The van der Waals surface area contributed by atoms with Crippen molar-refractivity contribution >= 4 is 0 Å². The highest BCUT2D eigenvalue weighted by Crippen LogP contribution is 2.12. The van der Waals surface area contributed by atoms with Gasteiger partial charge in [-0.15, -0.1) is 0 Å². The summed E-state index contributed by atoms with van der Waals surface area (Å²) in [5.41, 5.74) is 2.75. The molecule has 0 spiro atoms. The number of aromatic nitrogens is 1. The third-order valence-electron chi connectivity index (χ3n) is 2.34. The van der Waals surface area contributed by atoms with E-state index in [0.717, 1.165) is 25.9 Å². The summed E-state index contributed by atoms with van der Waals surface area (Å²) in [5, 5.41) is 1.88. The molecule has 0 atom stereocenters. The molecular formula is C9H13N3. The summed E-state index contributed by atoms with van der Waals surface area (Å²) in [7, 11) is 0. The third-order valence-corrected chi connectivity index (χ3v) is 2.34. The first-order valence-corrected chi connectivity index (χ1v) is 4.27. The van der Waals surface area contributed by atoms with E-state index in [4.69, 9.17) is 5.84 Å². The van der Waals surface area contributed by atoms with Crippen LogP contribution in [0.4, 0.5) is 0 Å². The molecule has 2 N–H and O–H groups in total. The highest BCUT2D eigenvalue weighted by Gasteiger charge is 2.10. The van der Waals surface area contributed by atoms with E-state index < -0.39 is 0 Å². The van der Waals surface area contributed by atoms with E-state index in [-0.39, 0.29) is 0 Å². The summed E-state index contributed by atoms with van der Waals surface area (Å²) >= 11 is 0. The van der Waals surface area contributed by atoms with Gasteiger partial charge in [0.2, 0.25) is 0 Å². The molecule has 1 aliphatic rings. The molecule has 1 aromatic rings. The van der Waals surface area contributed by atoms with Gasteiger partial charge >= 0.3 is 0 Å². The molecule has 2 rings (SSSR count). The lowest BCUT2D eigenvalue weighted by molar-refractivity contribution is 0.298. The van der Waals surface area contributed by atoms with Gasteiger partial charge in [0.1, 0.15) is 0 Å². The second-order valence-corrected chi connectivity index (χ2v) is 3.18. The zero-order valence-electron chi connectivity index (χ0n) is 7.03. The number of hydrogen-bond donors (Lipinski definition) is 1. The second kappa shape index (κ2) is 3.21. The summed E-state index contributed by atoms with van der Waals surface area (Å²) < 4.78 is 0. The summed E-state index contributed by atoms with van der Waals surface area (Å²) in [6.07, 6.45) is 5.88. The molecule has 0 aliphatic carbocycles. The SMILES string of the molecule is NN1CCc2ccncc2CC1. The van der Waals surface area contributed by atoms with Crippen LogP contribution in [-0.4, -0.2) is 23.1 Å². The minimum absolute atomic E-state index is 0.943. The fourth-order valence-corrected chi connectivity index (χ4v) is 1.56. The summed E-state index contributed by atoms with van der Waals surface area (Å²) in [6, 6.07) is 2.09. The van der Waals surface area contributed by atoms with E-state index >= 15 is 0 Å². The number of fused-ring (bicyclic) bond motifs is 1. The molecule has 0 aromatic carbocycles. The minimum Gasteiger partial charge on any atom is -0.269 e. The number of nitrogens with two attached hydrogens (primary N) is 1. The summed E-state index contributed by atoms with van der Waals surface area (Å²) in [5.74, 6) is 5.73. The third kappa shape index (κ3) is 1.47. The molecule has 0 saturated heterocycles. The number of pyridine rings is 1. The Balaban J connectivity index is 2.26. The summed E-state index contributed by atoms with van der Waals surface area (Å²) in [6.45, 7) is 1.90. The Morgan fingerprint density at radius 2 is 2.00 bits per heavy atom. The molecule has 12 heavy (non-hydrogen) atoms. The number of hydrazine groups is 1. The Bertz CT molecular complexity index is 245. The first kappa shape index (κ1) is 7.71. The molecule has 0 fully saturated rings. The van der Waals surface area contributed by atoms with Gasteiger partial charge in [0.25, 0.3) is 0 Å². The van der Waals surface area contributed by atoms with Crippen molar-refractivity contribution in [3.63, 3.8) is 0 Å². The van der Waals surface area contributed by atoms with Crippen LogP contribution in [0.15, 0.2) is 18.5 Å². The van der Waals surface area contributed by atoms with Crippen LogP contribution in [-0.2, 0) is 12.8 Å². The van der Waals surface area contributed by atoms with Crippen molar-refractivity contribution < 1.29 is 0 Å². The van der Waals surface area contributed by atoms with Crippen LogP contribution in [0.3, 0.4) is 0 Å². The van der Waals surface area contributed by atoms with Gasteiger partial charge in [0.15, 0.2) is 0 Å². The topological polar surface area (TPSA) is 42.1 Å². The van der Waals surface area contributed by atoms with Gasteiger partial charge in [-0.3, -0.25) is 10.8 Å². The molecule has 0 amide bonds. The highest BCUT2D eigenvalue weighted by molar-refractivity contribution is 5.24. The van der Waals surface area contributed by atoms with E-state index in [1.165, 1.54) is 11.1 Å². The molecule has 3 heteroatoms. The molecule has 1 aliphatic heterocycles. The molecule has 64 valence electrons. The molecule has 1 aromatic heterocycles. The lowest BCUT2D eigenvalue weighted by Gasteiger charge is -2.10. The van der Waals surface area contributed by atoms with Crippen LogP contribution in [0.5, 0.6) is 0 Å². The molecule has 3 nitrogen and oxygen atoms in total. The zero-order valence-corrected chi connectivity index (χ0v) is 7.03. The summed E-state index contributed by atoms with van der Waals surface area (Å²) in [4.78, 5) is 4.11. The Kier molecular flexibility index (Phi) is 2.06. The molecular weight excluding hydrogens is 150 g/mol. The van der Waals surface area contributed by atoms with Crippen LogP contribution in [0.25, 0.3) is 0 Å². The number of rotatable bonds is 0. The average molecular weight is 163 g/mol. The van der Waals surface area contributed by atoms with Gasteiger partial charge in [-0.25, -0.2) is 5.01 Å². The van der Waals surface area contributed by atoms with E-state index in [2.05, 4.69) is 11.1 Å².